The Balaban J connectivity index is 1.71. The number of aliphatic hydroxyl groups is 1. The Kier molecular flexibility index (Phi) is 5.01. The summed E-state index contributed by atoms with van der Waals surface area (Å²) in [4.78, 5) is 12.0. The van der Waals surface area contributed by atoms with E-state index >= 15 is 0 Å². The molecule has 0 bridgehead atoms. The van der Waals surface area contributed by atoms with Crippen molar-refractivity contribution in [1.82, 2.24) is 10.6 Å². The van der Waals surface area contributed by atoms with Gasteiger partial charge in [0, 0.05) is 18.5 Å². The first-order chi connectivity index (χ1) is 8.65. The van der Waals surface area contributed by atoms with Gasteiger partial charge in [-0.25, -0.2) is 0 Å². The Labute approximate surface area is 110 Å². The van der Waals surface area contributed by atoms with Crippen LogP contribution in [-0.2, 0) is 4.79 Å². The van der Waals surface area contributed by atoms with Gasteiger partial charge in [-0.3, -0.25) is 4.79 Å². The number of piperidine rings is 1. The van der Waals surface area contributed by atoms with Gasteiger partial charge >= 0.3 is 0 Å². The van der Waals surface area contributed by atoms with Gasteiger partial charge in [-0.15, -0.1) is 0 Å². The van der Waals surface area contributed by atoms with Crippen LogP contribution < -0.4 is 10.6 Å². The molecule has 0 spiro atoms. The van der Waals surface area contributed by atoms with Crippen molar-refractivity contribution in [3.8, 4) is 0 Å². The van der Waals surface area contributed by atoms with Crippen LogP contribution in [0.4, 0.5) is 0 Å². The summed E-state index contributed by atoms with van der Waals surface area (Å²) in [7, 11) is 0. The molecule has 4 nitrogen and oxygen atoms in total. The van der Waals surface area contributed by atoms with Crippen molar-refractivity contribution in [3.05, 3.63) is 0 Å². The molecule has 2 rings (SSSR count). The summed E-state index contributed by atoms with van der Waals surface area (Å²) in [5, 5.41) is 16.0. The van der Waals surface area contributed by atoms with Crippen LogP contribution in [0.15, 0.2) is 0 Å². The summed E-state index contributed by atoms with van der Waals surface area (Å²) in [5.74, 6) is 0.764. The highest BCUT2D eigenvalue weighted by atomic mass is 16.3. The maximum atomic E-state index is 12.0. The van der Waals surface area contributed by atoms with E-state index in [1.165, 1.54) is 12.8 Å². The highest BCUT2D eigenvalue weighted by molar-refractivity contribution is 5.77. The Morgan fingerprint density at radius 1 is 1.28 bits per heavy atom. The lowest BCUT2D eigenvalue weighted by Crippen LogP contribution is -2.46. The summed E-state index contributed by atoms with van der Waals surface area (Å²) in [6, 6.07) is 0.618. The van der Waals surface area contributed by atoms with Crippen molar-refractivity contribution in [2.45, 2.75) is 70.1 Å². The smallest absolute Gasteiger partial charge is 0.221 e. The molecule has 0 aromatic rings. The zero-order valence-electron chi connectivity index (χ0n) is 11.3. The molecule has 2 fully saturated rings. The Hall–Kier alpha value is -0.610. The highest BCUT2D eigenvalue weighted by Crippen LogP contribution is 2.20. The van der Waals surface area contributed by atoms with Gasteiger partial charge in [0.15, 0.2) is 0 Å². The second-order valence-corrected chi connectivity index (χ2v) is 5.96. The van der Waals surface area contributed by atoms with Crippen molar-refractivity contribution in [3.63, 3.8) is 0 Å². The number of nitrogens with one attached hydrogen (secondary N) is 2. The zero-order valence-corrected chi connectivity index (χ0v) is 11.3. The third-order valence-electron chi connectivity index (χ3n) is 4.40. The van der Waals surface area contributed by atoms with Crippen molar-refractivity contribution in [1.29, 1.82) is 0 Å². The monoisotopic (exact) mass is 254 g/mol. The van der Waals surface area contributed by atoms with Gasteiger partial charge < -0.3 is 15.7 Å². The Morgan fingerprint density at radius 2 is 2.00 bits per heavy atom. The van der Waals surface area contributed by atoms with Crippen LogP contribution in [0.3, 0.4) is 0 Å². The van der Waals surface area contributed by atoms with E-state index in [0.29, 0.717) is 18.4 Å². The average Bonchev–Trinajstić information content (AvgIpc) is 2.35. The number of rotatable bonds is 3. The first-order valence-electron chi connectivity index (χ1n) is 7.36. The van der Waals surface area contributed by atoms with E-state index in [1.807, 2.05) is 0 Å². The molecule has 1 saturated heterocycles. The number of carbonyl (C=O) groups is 1. The van der Waals surface area contributed by atoms with Crippen LogP contribution >= 0.6 is 0 Å². The minimum Gasteiger partial charge on any atom is -0.393 e. The minimum atomic E-state index is -0.154. The van der Waals surface area contributed by atoms with Crippen LogP contribution in [0.5, 0.6) is 0 Å². The first kappa shape index (κ1) is 13.8. The first-order valence-corrected chi connectivity index (χ1v) is 7.36. The maximum Gasteiger partial charge on any atom is 0.221 e. The summed E-state index contributed by atoms with van der Waals surface area (Å²) in [6.45, 7) is 3.26. The molecular formula is C14H26N2O2. The molecule has 2 unspecified atom stereocenters. The molecular weight excluding hydrogens is 228 g/mol. The third kappa shape index (κ3) is 3.95. The molecule has 0 radical (unpaired) electrons. The molecule has 0 aromatic carbocycles. The average molecular weight is 254 g/mol. The predicted molar refractivity (Wildman–Crippen MR) is 71.2 cm³/mol. The molecule has 1 aliphatic heterocycles. The van der Waals surface area contributed by atoms with E-state index in [4.69, 9.17) is 0 Å². The summed E-state index contributed by atoms with van der Waals surface area (Å²) >= 11 is 0. The van der Waals surface area contributed by atoms with Gasteiger partial charge in [0.2, 0.25) is 5.91 Å². The normalized spacial score (nSPS) is 37.2. The largest absolute Gasteiger partial charge is 0.393 e. The molecule has 104 valence electrons. The highest BCUT2D eigenvalue weighted by Gasteiger charge is 2.25. The van der Waals surface area contributed by atoms with Crippen LogP contribution in [0.25, 0.3) is 0 Å². The number of hydrogen-bond donors (Lipinski definition) is 3. The van der Waals surface area contributed by atoms with Crippen molar-refractivity contribution < 1.29 is 9.90 Å². The lowest BCUT2D eigenvalue weighted by Gasteiger charge is -2.31. The molecule has 1 aliphatic carbocycles. The Bertz CT molecular complexity index is 275. The standard InChI is InChI=1S/C14H26N2O2/c1-10-3-2-8-15-13(10)9-14(18)16-11-4-6-12(17)7-5-11/h10-13,15,17H,2-9H2,1H3,(H,16,18). The van der Waals surface area contributed by atoms with Crippen LogP contribution in [0, 0.1) is 5.92 Å². The molecule has 1 heterocycles. The Morgan fingerprint density at radius 3 is 2.67 bits per heavy atom. The van der Waals surface area contributed by atoms with E-state index in [2.05, 4.69) is 17.6 Å². The summed E-state index contributed by atoms with van der Waals surface area (Å²) in [6.07, 6.45) is 6.37. The molecule has 1 amide bonds. The number of aliphatic hydroxyl groups excluding tert-OH is 1. The van der Waals surface area contributed by atoms with E-state index < -0.39 is 0 Å². The number of hydrogen-bond acceptors (Lipinski definition) is 3. The zero-order chi connectivity index (χ0) is 13.0. The maximum absolute atomic E-state index is 12.0. The molecule has 0 aromatic heterocycles. The summed E-state index contributed by atoms with van der Waals surface area (Å²) < 4.78 is 0. The predicted octanol–water partition coefficient (Wildman–Crippen LogP) is 1.18. The van der Waals surface area contributed by atoms with Gasteiger partial charge in [0.1, 0.15) is 0 Å². The number of amides is 1. The van der Waals surface area contributed by atoms with Gasteiger partial charge in [-0.1, -0.05) is 6.92 Å². The van der Waals surface area contributed by atoms with E-state index in [-0.39, 0.29) is 18.1 Å². The van der Waals surface area contributed by atoms with E-state index in [9.17, 15) is 9.90 Å². The lowest BCUT2D eigenvalue weighted by atomic mass is 9.89. The van der Waals surface area contributed by atoms with E-state index in [1.54, 1.807) is 0 Å². The quantitative estimate of drug-likeness (QED) is 0.709. The van der Waals surface area contributed by atoms with Crippen LogP contribution in [0.1, 0.15) is 51.9 Å². The van der Waals surface area contributed by atoms with Crippen molar-refractivity contribution in [2.75, 3.05) is 6.54 Å². The lowest BCUT2D eigenvalue weighted by molar-refractivity contribution is -0.123. The second-order valence-electron chi connectivity index (χ2n) is 5.96. The molecule has 3 N–H and O–H groups in total. The number of carbonyl (C=O) groups excluding carboxylic acids is 1. The molecule has 2 atom stereocenters. The molecule has 2 aliphatic rings. The van der Waals surface area contributed by atoms with Crippen LogP contribution in [0.2, 0.25) is 0 Å². The van der Waals surface area contributed by atoms with Gasteiger partial charge in [0.05, 0.1) is 6.10 Å². The third-order valence-corrected chi connectivity index (χ3v) is 4.40. The fourth-order valence-corrected chi connectivity index (χ4v) is 3.09. The topological polar surface area (TPSA) is 61.4 Å². The molecule has 4 heteroatoms. The molecule has 1 saturated carbocycles. The van der Waals surface area contributed by atoms with Crippen LogP contribution in [-0.4, -0.2) is 35.7 Å². The van der Waals surface area contributed by atoms with Gasteiger partial charge in [-0.2, -0.15) is 0 Å². The van der Waals surface area contributed by atoms with Crippen molar-refractivity contribution >= 4 is 5.91 Å². The van der Waals surface area contributed by atoms with Crippen molar-refractivity contribution in [2.24, 2.45) is 5.92 Å². The van der Waals surface area contributed by atoms with E-state index in [0.717, 1.165) is 32.2 Å². The fraction of sp³-hybridized carbons (Fsp3) is 0.929. The molecule has 18 heavy (non-hydrogen) atoms. The second kappa shape index (κ2) is 6.53. The SMILES string of the molecule is CC1CCCNC1CC(=O)NC1CCC(O)CC1. The summed E-state index contributed by atoms with van der Waals surface area (Å²) in [5.41, 5.74) is 0. The van der Waals surface area contributed by atoms with Gasteiger partial charge in [-0.05, 0) is 51.0 Å². The minimum absolute atomic E-state index is 0.154. The van der Waals surface area contributed by atoms with Gasteiger partial charge in [0.25, 0.3) is 0 Å². The fourth-order valence-electron chi connectivity index (χ4n) is 3.09.